The third kappa shape index (κ3) is 3.30. The van der Waals surface area contributed by atoms with E-state index in [9.17, 15) is 0 Å². The van der Waals surface area contributed by atoms with Gasteiger partial charge >= 0.3 is 0 Å². The number of nitriles is 1. The molecular weight excluding hydrogens is 274 g/mol. The van der Waals surface area contributed by atoms with Gasteiger partial charge in [0.1, 0.15) is 11.9 Å². The lowest BCUT2D eigenvalue weighted by Crippen LogP contribution is -2.06. The van der Waals surface area contributed by atoms with Gasteiger partial charge < -0.3 is 5.32 Å². The molecule has 2 heterocycles. The summed E-state index contributed by atoms with van der Waals surface area (Å²) in [6.45, 7) is 0.792. The van der Waals surface area contributed by atoms with Crippen LogP contribution in [0.5, 0.6) is 0 Å². The molecule has 22 heavy (non-hydrogen) atoms. The molecule has 1 N–H and O–H groups in total. The highest BCUT2D eigenvalue weighted by atomic mass is 15.3. The molecule has 0 unspecified atom stereocenters. The van der Waals surface area contributed by atoms with Gasteiger partial charge in [-0.15, -0.1) is 0 Å². The van der Waals surface area contributed by atoms with E-state index in [0.717, 1.165) is 24.5 Å². The lowest BCUT2D eigenvalue weighted by molar-refractivity contribution is 0.878. The van der Waals surface area contributed by atoms with Crippen LogP contribution in [-0.2, 0) is 6.42 Å². The van der Waals surface area contributed by atoms with Crippen LogP contribution in [-0.4, -0.2) is 21.3 Å². The molecule has 0 radical (unpaired) electrons. The first-order valence-corrected chi connectivity index (χ1v) is 7.04. The van der Waals surface area contributed by atoms with Gasteiger partial charge in [0.2, 0.25) is 0 Å². The number of hydrogen-bond acceptors (Lipinski definition) is 4. The number of nitrogens with one attached hydrogen (secondary N) is 1. The first kappa shape index (κ1) is 13.8. The molecule has 3 aromatic rings. The molecule has 3 rings (SSSR count). The van der Waals surface area contributed by atoms with Gasteiger partial charge in [0.15, 0.2) is 0 Å². The van der Waals surface area contributed by atoms with Crippen LogP contribution in [0.25, 0.3) is 5.69 Å². The SMILES string of the molecule is N#Cc1ccc(NCCc2ccc(-n3cccn3)cc2)nc1. The van der Waals surface area contributed by atoms with Gasteiger partial charge in [0, 0.05) is 25.1 Å². The predicted octanol–water partition coefficient (Wildman–Crippen LogP) is 2.79. The van der Waals surface area contributed by atoms with Gasteiger partial charge in [0.25, 0.3) is 0 Å². The van der Waals surface area contributed by atoms with Crippen LogP contribution >= 0.6 is 0 Å². The Morgan fingerprint density at radius 3 is 2.64 bits per heavy atom. The molecule has 0 saturated heterocycles. The van der Waals surface area contributed by atoms with Crippen molar-refractivity contribution in [2.24, 2.45) is 0 Å². The van der Waals surface area contributed by atoms with Crippen molar-refractivity contribution in [3.05, 3.63) is 72.2 Å². The average Bonchev–Trinajstić information content (AvgIpc) is 3.11. The summed E-state index contributed by atoms with van der Waals surface area (Å²) in [4.78, 5) is 4.18. The maximum atomic E-state index is 8.73. The fourth-order valence-electron chi connectivity index (χ4n) is 2.14. The maximum absolute atomic E-state index is 8.73. The smallest absolute Gasteiger partial charge is 0.125 e. The number of anilines is 1. The lowest BCUT2D eigenvalue weighted by Gasteiger charge is -2.07. The summed E-state index contributed by atoms with van der Waals surface area (Å²) in [7, 11) is 0. The van der Waals surface area contributed by atoms with Crippen LogP contribution in [0.1, 0.15) is 11.1 Å². The third-order valence-corrected chi connectivity index (χ3v) is 3.32. The second kappa shape index (κ2) is 6.55. The molecule has 0 atom stereocenters. The van der Waals surface area contributed by atoms with Crippen molar-refractivity contribution in [1.82, 2.24) is 14.8 Å². The van der Waals surface area contributed by atoms with E-state index < -0.39 is 0 Å². The van der Waals surface area contributed by atoms with E-state index in [4.69, 9.17) is 5.26 Å². The minimum absolute atomic E-state index is 0.569. The third-order valence-electron chi connectivity index (χ3n) is 3.32. The molecule has 1 aromatic carbocycles. The van der Waals surface area contributed by atoms with Crippen molar-refractivity contribution >= 4 is 5.82 Å². The molecule has 0 fully saturated rings. The van der Waals surface area contributed by atoms with E-state index in [2.05, 4.69) is 45.7 Å². The molecule has 5 heteroatoms. The van der Waals surface area contributed by atoms with Crippen molar-refractivity contribution in [2.45, 2.75) is 6.42 Å². The Morgan fingerprint density at radius 1 is 1.14 bits per heavy atom. The van der Waals surface area contributed by atoms with Crippen LogP contribution in [0.2, 0.25) is 0 Å². The summed E-state index contributed by atoms with van der Waals surface area (Å²) in [5.74, 6) is 0.784. The highest BCUT2D eigenvalue weighted by molar-refractivity contribution is 5.39. The van der Waals surface area contributed by atoms with Gasteiger partial charge in [-0.2, -0.15) is 10.4 Å². The van der Waals surface area contributed by atoms with Gasteiger partial charge in [0.05, 0.1) is 11.3 Å². The zero-order valence-corrected chi connectivity index (χ0v) is 12.0. The first-order chi connectivity index (χ1) is 10.8. The first-order valence-electron chi connectivity index (χ1n) is 7.04. The van der Waals surface area contributed by atoms with E-state index in [1.807, 2.05) is 23.0 Å². The largest absolute Gasteiger partial charge is 0.370 e. The minimum atomic E-state index is 0.569. The Morgan fingerprint density at radius 2 is 2.00 bits per heavy atom. The molecule has 2 aromatic heterocycles. The molecule has 0 spiro atoms. The fourth-order valence-corrected chi connectivity index (χ4v) is 2.14. The number of nitrogens with zero attached hydrogens (tertiary/aromatic N) is 4. The Balaban J connectivity index is 1.54. The molecule has 5 nitrogen and oxygen atoms in total. The highest BCUT2D eigenvalue weighted by Gasteiger charge is 1.98. The second-order valence-corrected chi connectivity index (χ2v) is 4.84. The molecular formula is C17H15N5. The Hall–Kier alpha value is -3.13. The van der Waals surface area contributed by atoms with Crippen LogP contribution in [0.4, 0.5) is 5.82 Å². The standard InChI is InChI=1S/C17H15N5/c18-12-15-4-7-17(20-13-15)19-10-8-14-2-5-16(6-3-14)22-11-1-9-21-22/h1-7,9,11,13H,8,10H2,(H,19,20). The monoisotopic (exact) mass is 289 g/mol. The highest BCUT2D eigenvalue weighted by Crippen LogP contribution is 2.10. The number of benzene rings is 1. The molecule has 108 valence electrons. The summed E-state index contributed by atoms with van der Waals surface area (Å²) in [6, 6.07) is 15.9. The van der Waals surface area contributed by atoms with E-state index in [1.54, 1.807) is 18.5 Å². The van der Waals surface area contributed by atoms with E-state index >= 15 is 0 Å². The average molecular weight is 289 g/mol. The fraction of sp³-hybridized carbons (Fsp3) is 0.118. The Bertz CT molecular complexity index is 752. The van der Waals surface area contributed by atoms with Gasteiger partial charge in [-0.3, -0.25) is 0 Å². The normalized spacial score (nSPS) is 10.1. The van der Waals surface area contributed by atoms with Crippen molar-refractivity contribution < 1.29 is 0 Å². The summed E-state index contributed by atoms with van der Waals surface area (Å²) in [5, 5.41) is 16.2. The maximum Gasteiger partial charge on any atom is 0.125 e. The van der Waals surface area contributed by atoms with Crippen LogP contribution in [0.15, 0.2) is 61.1 Å². The van der Waals surface area contributed by atoms with E-state index in [-0.39, 0.29) is 0 Å². The van der Waals surface area contributed by atoms with Gasteiger partial charge in [-0.25, -0.2) is 9.67 Å². The lowest BCUT2D eigenvalue weighted by atomic mass is 10.1. The topological polar surface area (TPSA) is 66.5 Å². The Labute approximate surface area is 128 Å². The van der Waals surface area contributed by atoms with Crippen molar-refractivity contribution in [3.8, 4) is 11.8 Å². The van der Waals surface area contributed by atoms with Crippen molar-refractivity contribution in [3.63, 3.8) is 0 Å². The number of pyridine rings is 1. The molecule has 0 bridgehead atoms. The van der Waals surface area contributed by atoms with E-state index in [0.29, 0.717) is 5.56 Å². The zero-order chi connectivity index (χ0) is 15.2. The zero-order valence-electron chi connectivity index (χ0n) is 12.0. The van der Waals surface area contributed by atoms with Gasteiger partial charge in [-0.1, -0.05) is 12.1 Å². The second-order valence-electron chi connectivity index (χ2n) is 4.84. The minimum Gasteiger partial charge on any atom is -0.370 e. The van der Waals surface area contributed by atoms with Crippen LogP contribution in [0, 0.1) is 11.3 Å². The summed E-state index contributed by atoms with van der Waals surface area (Å²) in [5.41, 5.74) is 2.87. The quantitative estimate of drug-likeness (QED) is 0.784. The van der Waals surface area contributed by atoms with Crippen molar-refractivity contribution in [1.29, 1.82) is 5.26 Å². The Kier molecular flexibility index (Phi) is 4.12. The summed E-state index contributed by atoms with van der Waals surface area (Å²) >= 11 is 0. The summed E-state index contributed by atoms with van der Waals surface area (Å²) < 4.78 is 1.84. The predicted molar refractivity (Wildman–Crippen MR) is 84.7 cm³/mol. The van der Waals surface area contributed by atoms with E-state index in [1.165, 1.54) is 5.56 Å². The molecule has 0 aliphatic rings. The number of aromatic nitrogens is 3. The molecule has 0 aliphatic heterocycles. The number of hydrogen-bond donors (Lipinski definition) is 1. The van der Waals surface area contributed by atoms with Crippen LogP contribution in [0.3, 0.4) is 0 Å². The summed E-state index contributed by atoms with van der Waals surface area (Å²) in [6.07, 6.45) is 6.16. The molecule has 0 aliphatic carbocycles. The van der Waals surface area contributed by atoms with Crippen LogP contribution < -0.4 is 5.32 Å². The molecule has 0 saturated carbocycles. The van der Waals surface area contributed by atoms with Crippen molar-refractivity contribution in [2.75, 3.05) is 11.9 Å². The van der Waals surface area contributed by atoms with Gasteiger partial charge in [-0.05, 0) is 42.3 Å². The number of rotatable bonds is 5. The molecule has 0 amide bonds.